The van der Waals surface area contributed by atoms with Crippen LogP contribution in [0.2, 0.25) is 0 Å². The molecule has 110 valence electrons. The van der Waals surface area contributed by atoms with E-state index >= 15 is 0 Å². The molecule has 0 spiro atoms. The highest BCUT2D eigenvalue weighted by atomic mass is 16.4. The lowest BCUT2D eigenvalue weighted by Crippen LogP contribution is -2.23. The number of oxime groups is 1. The normalized spacial score (nSPS) is 16.8. The minimum absolute atomic E-state index is 0.775. The van der Waals surface area contributed by atoms with Gasteiger partial charge < -0.3 is 10.1 Å². The van der Waals surface area contributed by atoms with E-state index < -0.39 is 0 Å². The van der Waals surface area contributed by atoms with Crippen molar-refractivity contribution >= 4 is 11.4 Å². The van der Waals surface area contributed by atoms with Crippen LogP contribution >= 0.6 is 0 Å². The van der Waals surface area contributed by atoms with Gasteiger partial charge in [0.25, 0.3) is 0 Å². The van der Waals surface area contributed by atoms with Crippen molar-refractivity contribution in [2.45, 2.75) is 32.9 Å². The highest BCUT2D eigenvalue weighted by molar-refractivity contribution is 6.05. The van der Waals surface area contributed by atoms with E-state index in [2.05, 4.69) is 34.3 Å². The summed E-state index contributed by atoms with van der Waals surface area (Å²) in [5, 5.41) is 17.0. The van der Waals surface area contributed by atoms with Gasteiger partial charge in [-0.25, -0.2) is 0 Å². The van der Waals surface area contributed by atoms with E-state index in [9.17, 15) is 5.21 Å². The molecule has 1 aromatic heterocycles. The van der Waals surface area contributed by atoms with E-state index in [1.54, 1.807) is 0 Å². The predicted octanol–water partition coefficient (Wildman–Crippen LogP) is 2.88. The van der Waals surface area contributed by atoms with Crippen molar-refractivity contribution in [2.75, 3.05) is 11.4 Å². The molecule has 3 rings (SSSR count). The number of nitrogens with zero attached hydrogens (tertiary/aromatic N) is 4. The van der Waals surface area contributed by atoms with E-state index in [0.29, 0.717) is 0 Å². The van der Waals surface area contributed by atoms with Crippen molar-refractivity contribution in [3.05, 3.63) is 47.8 Å². The van der Waals surface area contributed by atoms with Crippen LogP contribution in [0.4, 0.5) is 5.69 Å². The van der Waals surface area contributed by atoms with Crippen molar-refractivity contribution in [1.29, 1.82) is 0 Å². The van der Waals surface area contributed by atoms with Crippen molar-refractivity contribution in [2.24, 2.45) is 5.16 Å². The maximum atomic E-state index is 9.23. The van der Waals surface area contributed by atoms with E-state index in [4.69, 9.17) is 0 Å². The molecule has 0 amide bonds. The third kappa shape index (κ3) is 2.77. The van der Waals surface area contributed by atoms with Gasteiger partial charge in [0.05, 0.1) is 11.9 Å². The molecule has 0 fully saturated rings. The fraction of sp³-hybridized carbons (Fsp3) is 0.375. The molecule has 0 saturated carbocycles. The number of hydrogen-bond acceptors (Lipinski definition) is 4. The molecular weight excluding hydrogens is 264 g/mol. The molecule has 0 radical (unpaired) electrons. The maximum Gasteiger partial charge on any atom is 0.0889 e. The number of aryl methyl sites for hydroxylation is 1. The SMILES string of the molecule is CCn1cc(CN2CCC/C(=N/O)c3ccccc32)cn1. The van der Waals surface area contributed by atoms with Gasteiger partial charge in [-0.2, -0.15) is 5.10 Å². The van der Waals surface area contributed by atoms with Crippen molar-refractivity contribution in [1.82, 2.24) is 9.78 Å². The molecule has 1 aliphatic rings. The molecule has 0 bridgehead atoms. The third-order valence-corrected chi connectivity index (χ3v) is 3.90. The Morgan fingerprint density at radius 1 is 1.33 bits per heavy atom. The Labute approximate surface area is 124 Å². The fourth-order valence-corrected chi connectivity index (χ4v) is 2.84. The maximum absolute atomic E-state index is 9.23. The first-order valence-corrected chi connectivity index (χ1v) is 7.38. The Kier molecular flexibility index (Phi) is 3.90. The average Bonchev–Trinajstić information content (AvgIpc) is 2.90. The molecule has 0 atom stereocenters. The second kappa shape index (κ2) is 5.99. The minimum Gasteiger partial charge on any atom is -0.411 e. The number of hydrogen-bond donors (Lipinski definition) is 1. The zero-order valence-corrected chi connectivity index (χ0v) is 12.2. The topological polar surface area (TPSA) is 53.7 Å². The Hall–Kier alpha value is -2.30. The first-order valence-electron chi connectivity index (χ1n) is 7.38. The number of benzene rings is 1. The van der Waals surface area contributed by atoms with E-state index in [1.165, 1.54) is 5.56 Å². The zero-order chi connectivity index (χ0) is 14.7. The second-order valence-corrected chi connectivity index (χ2v) is 5.29. The number of para-hydroxylation sites is 1. The molecule has 21 heavy (non-hydrogen) atoms. The van der Waals surface area contributed by atoms with E-state index in [-0.39, 0.29) is 0 Å². The lowest BCUT2D eigenvalue weighted by atomic mass is 10.1. The standard InChI is InChI=1S/C16H20N4O/c1-2-20-12-13(10-17-20)11-19-9-5-7-15(18-21)14-6-3-4-8-16(14)19/h3-4,6,8,10,12,21H,2,5,7,9,11H2,1H3/b18-15-. The van der Waals surface area contributed by atoms with Crippen LogP contribution in [0, 0.1) is 0 Å². The van der Waals surface area contributed by atoms with Crippen LogP contribution in [0.1, 0.15) is 30.9 Å². The Balaban J connectivity index is 1.91. The number of anilines is 1. The minimum atomic E-state index is 0.775. The number of aromatic nitrogens is 2. The average molecular weight is 284 g/mol. The molecule has 1 N–H and O–H groups in total. The Bertz CT molecular complexity index is 647. The van der Waals surface area contributed by atoms with E-state index in [1.807, 2.05) is 29.1 Å². The van der Waals surface area contributed by atoms with Gasteiger partial charge >= 0.3 is 0 Å². The van der Waals surface area contributed by atoms with Crippen LogP contribution in [0.3, 0.4) is 0 Å². The molecule has 0 unspecified atom stereocenters. The number of rotatable bonds is 3. The summed E-state index contributed by atoms with van der Waals surface area (Å²) in [6, 6.07) is 8.14. The smallest absolute Gasteiger partial charge is 0.0889 e. The molecule has 5 heteroatoms. The van der Waals surface area contributed by atoms with Crippen LogP contribution < -0.4 is 4.90 Å². The van der Waals surface area contributed by atoms with Gasteiger partial charge in [0, 0.05) is 42.6 Å². The van der Waals surface area contributed by atoms with Gasteiger partial charge in [0.2, 0.25) is 0 Å². The molecule has 2 heterocycles. The quantitative estimate of drug-likeness (QED) is 0.696. The zero-order valence-electron chi connectivity index (χ0n) is 12.2. The lowest BCUT2D eigenvalue weighted by Gasteiger charge is -2.24. The number of fused-ring (bicyclic) bond motifs is 1. The summed E-state index contributed by atoms with van der Waals surface area (Å²) in [6.45, 7) is 4.75. The molecule has 0 saturated heterocycles. The second-order valence-electron chi connectivity index (χ2n) is 5.29. The fourth-order valence-electron chi connectivity index (χ4n) is 2.84. The predicted molar refractivity (Wildman–Crippen MR) is 83.0 cm³/mol. The van der Waals surface area contributed by atoms with Crippen LogP contribution in [0.5, 0.6) is 0 Å². The Morgan fingerprint density at radius 2 is 2.19 bits per heavy atom. The van der Waals surface area contributed by atoms with Crippen LogP contribution in [-0.4, -0.2) is 27.2 Å². The third-order valence-electron chi connectivity index (χ3n) is 3.90. The molecule has 0 aliphatic carbocycles. The van der Waals surface area contributed by atoms with Crippen molar-refractivity contribution < 1.29 is 5.21 Å². The first-order chi connectivity index (χ1) is 10.3. The van der Waals surface area contributed by atoms with Gasteiger partial charge in [-0.3, -0.25) is 4.68 Å². The Morgan fingerprint density at radius 3 is 2.95 bits per heavy atom. The van der Waals surface area contributed by atoms with Crippen molar-refractivity contribution in [3.8, 4) is 0 Å². The summed E-state index contributed by atoms with van der Waals surface area (Å²) < 4.78 is 1.94. The highest BCUT2D eigenvalue weighted by Crippen LogP contribution is 2.27. The summed E-state index contributed by atoms with van der Waals surface area (Å²) in [5.74, 6) is 0. The highest BCUT2D eigenvalue weighted by Gasteiger charge is 2.20. The van der Waals surface area contributed by atoms with E-state index in [0.717, 1.165) is 49.4 Å². The molecule has 2 aromatic rings. The summed E-state index contributed by atoms with van der Waals surface area (Å²) in [7, 11) is 0. The molecular formula is C16H20N4O. The largest absolute Gasteiger partial charge is 0.411 e. The summed E-state index contributed by atoms with van der Waals surface area (Å²) in [6.07, 6.45) is 5.81. The van der Waals surface area contributed by atoms with Gasteiger partial charge in [-0.05, 0) is 25.8 Å². The van der Waals surface area contributed by atoms with Crippen LogP contribution in [0.15, 0.2) is 41.8 Å². The van der Waals surface area contributed by atoms with Gasteiger partial charge in [-0.1, -0.05) is 23.4 Å². The lowest BCUT2D eigenvalue weighted by molar-refractivity contribution is 0.318. The summed E-state index contributed by atoms with van der Waals surface area (Å²) >= 11 is 0. The first kappa shape index (κ1) is 13.7. The van der Waals surface area contributed by atoms with Gasteiger partial charge in [0.15, 0.2) is 0 Å². The molecule has 5 nitrogen and oxygen atoms in total. The monoisotopic (exact) mass is 284 g/mol. The molecule has 1 aromatic carbocycles. The molecule has 1 aliphatic heterocycles. The van der Waals surface area contributed by atoms with Gasteiger partial charge in [-0.15, -0.1) is 0 Å². The van der Waals surface area contributed by atoms with Crippen LogP contribution in [-0.2, 0) is 13.1 Å². The summed E-state index contributed by atoms with van der Waals surface area (Å²) in [4.78, 5) is 2.34. The van der Waals surface area contributed by atoms with Crippen LogP contribution in [0.25, 0.3) is 0 Å². The van der Waals surface area contributed by atoms with Gasteiger partial charge in [0.1, 0.15) is 0 Å². The van der Waals surface area contributed by atoms with Crippen molar-refractivity contribution in [3.63, 3.8) is 0 Å². The summed E-state index contributed by atoms with van der Waals surface area (Å²) in [5.41, 5.74) is 4.14.